The van der Waals surface area contributed by atoms with Gasteiger partial charge in [0.05, 0.1) is 12.7 Å². The summed E-state index contributed by atoms with van der Waals surface area (Å²) in [6.45, 7) is 5.48. The predicted octanol–water partition coefficient (Wildman–Crippen LogP) is 1.58. The number of carbonyl (C=O) groups is 2. The first-order valence-electron chi connectivity index (χ1n) is 5.80. The lowest BCUT2D eigenvalue weighted by molar-refractivity contribution is -0.127. The Morgan fingerprint density at radius 1 is 1.53 bits per heavy atom. The molecule has 5 nitrogen and oxygen atoms in total. The van der Waals surface area contributed by atoms with Crippen LogP contribution in [0.25, 0.3) is 0 Å². The molecule has 0 bridgehead atoms. The minimum atomic E-state index is -0.717. The number of hydrogen-bond donors (Lipinski definition) is 1. The third kappa shape index (κ3) is 4.13. The Kier molecular flexibility index (Phi) is 5.60. The van der Waals surface area contributed by atoms with E-state index in [0.717, 1.165) is 0 Å². The fraction of sp³-hybridized carbons (Fsp3) is 0.286. The number of carbonyl (C=O) groups excluding carboxylic acids is 2. The molecular weight excluding hydrogens is 246 g/mol. The predicted molar refractivity (Wildman–Crippen MR) is 71.7 cm³/mol. The Bertz CT molecular complexity index is 471. The van der Waals surface area contributed by atoms with E-state index in [1.54, 1.807) is 31.2 Å². The summed E-state index contributed by atoms with van der Waals surface area (Å²) >= 11 is 0. The third-order valence-corrected chi connectivity index (χ3v) is 2.44. The molecule has 0 spiro atoms. The van der Waals surface area contributed by atoms with E-state index in [4.69, 9.17) is 9.47 Å². The molecule has 19 heavy (non-hydrogen) atoms. The molecule has 0 aromatic heterocycles. The van der Waals surface area contributed by atoms with Gasteiger partial charge in [-0.05, 0) is 19.1 Å². The van der Waals surface area contributed by atoms with Crippen LogP contribution in [-0.4, -0.2) is 32.0 Å². The smallest absolute Gasteiger partial charge is 0.261 e. The van der Waals surface area contributed by atoms with E-state index in [0.29, 0.717) is 29.9 Å². The van der Waals surface area contributed by atoms with Gasteiger partial charge in [0.25, 0.3) is 5.91 Å². The van der Waals surface area contributed by atoms with Gasteiger partial charge in [0, 0.05) is 12.6 Å². The summed E-state index contributed by atoms with van der Waals surface area (Å²) in [5.41, 5.74) is 0.365. The van der Waals surface area contributed by atoms with Crippen LogP contribution in [0.4, 0.5) is 0 Å². The molecule has 1 rings (SSSR count). The van der Waals surface area contributed by atoms with E-state index in [1.807, 2.05) is 0 Å². The van der Waals surface area contributed by atoms with Crippen molar-refractivity contribution in [3.8, 4) is 11.5 Å². The van der Waals surface area contributed by atoms with Crippen molar-refractivity contribution in [3.05, 3.63) is 36.4 Å². The number of aldehydes is 1. The van der Waals surface area contributed by atoms with Crippen molar-refractivity contribution in [2.75, 3.05) is 13.7 Å². The number of ether oxygens (including phenoxy) is 2. The molecule has 0 aliphatic carbocycles. The molecule has 0 heterocycles. The molecule has 102 valence electrons. The van der Waals surface area contributed by atoms with E-state index in [1.165, 1.54) is 7.11 Å². The number of rotatable bonds is 7. The van der Waals surface area contributed by atoms with E-state index in [-0.39, 0.29) is 5.91 Å². The Labute approximate surface area is 112 Å². The van der Waals surface area contributed by atoms with Gasteiger partial charge in [0.1, 0.15) is 11.5 Å². The Balaban J connectivity index is 2.82. The van der Waals surface area contributed by atoms with Crippen molar-refractivity contribution in [1.82, 2.24) is 5.32 Å². The average Bonchev–Trinajstić information content (AvgIpc) is 2.44. The molecule has 1 unspecified atom stereocenters. The Hall–Kier alpha value is -2.30. The standard InChI is InChI=1S/C14H17NO4/c1-4-7-15-14(17)10(2)19-13-8-12(18-3)6-5-11(13)9-16/h4-6,8-10H,1,7H2,2-3H3,(H,15,17). The highest BCUT2D eigenvalue weighted by Gasteiger charge is 2.16. The number of amides is 1. The average molecular weight is 263 g/mol. The van der Waals surface area contributed by atoms with E-state index in [9.17, 15) is 9.59 Å². The van der Waals surface area contributed by atoms with Crippen LogP contribution in [0.2, 0.25) is 0 Å². The molecule has 5 heteroatoms. The van der Waals surface area contributed by atoms with Crippen LogP contribution in [0.15, 0.2) is 30.9 Å². The number of hydrogen-bond acceptors (Lipinski definition) is 4. The molecule has 1 amide bonds. The molecule has 0 radical (unpaired) electrons. The lowest BCUT2D eigenvalue weighted by Gasteiger charge is -2.16. The summed E-state index contributed by atoms with van der Waals surface area (Å²) in [5.74, 6) is 0.592. The van der Waals surface area contributed by atoms with Crippen molar-refractivity contribution in [3.63, 3.8) is 0 Å². The SMILES string of the molecule is C=CCNC(=O)C(C)Oc1cc(OC)ccc1C=O. The lowest BCUT2D eigenvalue weighted by Crippen LogP contribution is -2.36. The number of benzene rings is 1. The zero-order chi connectivity index (χ0) is 14.3. The maximum Gasteiger partial charge on any atom is 0.261 e. The zero-order valence-corrected chi connectivity index (χ0v) is 11.0. The highest BCUT2D eigenvalue weighted by atomic mass is 16.5. The third-order valence-electron chi connectivity index (χ3n) is 2.44. The van der Waals surface area contributed by atoms with Crippen molar-refractivity contribution in [2.24, 2.45) is 0 Å². The van der Waals surface area contributed by atoms with E-state index >= 15 is 0 Å². The highest BCUT2D eigenvalue weighted by molar-refractivity contribution is 5.82. The van der Waals surface area contributed by atoms with Crippen LogP contribution in [-0.2, 0) is 4.79 Å². The van der Waals surface area contributed by atoms with Gasteiger partial charge in [0.15, 0.2) is 12.4 Å². The van der Waals surface area contributed by atoms with Gasteiger partial charge < -0.3 is 14.8 Å². The molecule has 0 saturated carbocycles. The molecule has 1 aromatic carbocycles. The topological polar surface area (TPSA) is 64.6 Å². The number of nitrogens with one attached hydrogen (secondary N) is 1. The number of methoxy groups -OCH3 is 1. The van der Waals surface area contributed by atoms with Crippen LogP contribution in [0, 0.1) is 0 Å². The minimum absolute atomic E-state index is 0.278. The van der Waals surface area contributed by atoms with Gasteiger partial charge in [-0.1, -0.05) is 6.08 Å². The molecule has 1 aromatic rings. The Morgan fingerprint density at radius 2 is 2.26 bits per heavy atom. The quantitative estimate of drug-likeness (QED) is 0.599. The second-order valence-electron chi connectivity index (χ2n) is 3.82. The summed E-state index contributed by atoms with van der Waals surface area (Å²) < 4.78 is 10.5. The van der Waals surface area contributed by atoms with Gasteiger partial charge in [0.2, 0.25) is 0 Å². The molecular formula is C14H17NO4. The van der Waals surface area contributed by atoms with Crippen LogP contribution in [0.1, 0.15) is 17.3 Å². The Morgan fingerprint density at radius 3 is 2.84 bits per heavy atom. The molecule has 0 saturated heterocycles. The molecule has 0 fully saturated rings. The first-order valence-corrected chi connectivity index (χ1v) is 5.80. The van der Waals surface area contributed by atoms with E-state index < -0.39 is 6.10 Å². The largest absolute Gasteiger partial charge is 0.497 e. The van der Waals surface area contributed by atoms with Gasteiger partial charge in [-0.3, -0.25) is 9.59 Å². The second-order valence-corrected chi connectivity index (χ2v) is 3.82. The second kappa shape index (κ2) is 7.20. The van der Waals surface area contributed by atoms with Crippen LogP contribution in [0.5, 0.6) is 11.5 Å². The summed E-state index contributed by atoms with van der Waals surface area (Å²) in [5, 5.41) is 2.62. The summed E-state index contributed by atoms with van der Waals surface area (Å²) in [6.07, 6.45) is 1.53. The van der Waals surface area contributed by atoms with Gasteiger partial charge in [-0.15, -0.1) is 6.58 Å². The normalized spacial score (nSPS) is 11.3. The van der Waals surface area contributed by atoms with Crippen molar-refractivity contribution < 1.29 is 19.1 Å². The van der Waals surface area contributed by atoms with Crippen molar-refractivity contribution in [2.45, 2.75) is 13.0 Å². The fourth-order valence-corrected chi connectivity index (χ4v) is 1.40. The molecule has 0 aliphatic rings. The van der Waals surface area contributed by atoms with Gasteiger partial charge in [-0.25, -0.2) is 0 Å². The summed E-state index contributed by atoms with van der Waals surface area (Å²) in [4.78, 5) is 22.6. The monoisotopic (exact) mass is 263 g/mol. The summed E-state index contributed by atoms with van der Waals surface area (Å²) in [7, 11) is 1.51. The van der Waals surface area contributed by atoms with Gasteiger partial charge in [-0.2, -0.15) is 0 Å². The molecule has 1 N–H and O–H groups in total. The summed E-state index contributed by atoms with van der Waals surface area (Å²) in [6, 6.07) is 4.80. The van der Waals surface area contributed by atoms with Gasteiger partial charge >= 0.3 is 0 Å². The maximum absolute atomic E-state index is 11.7. The highest BCUT2D eigenvalue weighted by Crippen LogP contribution is 2.24. The first-order chi connectivity index (χ1) is 9.12. The zero-order valence-electron chi connectivity index (χ0n) is 11.0. The van der Waals surface area contributed by atoms with Crippen molar-refractivity contribution >= 4 is 12.2 Å². The van der Waals surface area contributed by atoms with Crippen molar-refractivity contribution in [1.29, 1.82) is 0 Å². The van der Waals surface area contributed by atoms with Crippen LogP contribution < -0.4 is 14.8 Å². The minimum Gasteiger partial charge on any atom is -0.497 e. The van der Waals surface area contributed by atoms with E-state index in [2.05, 4.69) is 11.9 Å². The molecule has 1 atom stereocenters. The molecule has 0 aliphatic heterocycles. The maximum atomic E-state index is 11.7. The lowest BCUT2D eigenvalue weighted by atomic mass is 10.2. The fourth-order valence-electron chi connectivity index (χ4n) is 1.40. The first kappa shape index (κ1) is 14.8. The van der Waals surface area contributed by atoms with Crippen LogP contribution >= 0.6 is 0 Å². The van der Waals surface area contributed by atoms with Crippen LogP contribution in [0.3, 0.4) is 0 Å².